The molecule has 0 atom stereocenters. The summed E-state index contributed by atoms with van der Waals surface area (Å²) >= 11 is 1.37. The van der Waals surface area contributed by atoms with Crippen LogP contribution in [0.1, 0.15) is 22.5 Å². The molecule has 0 bridgehead atoms. The van der Waals surface area contributed by atoms with Gasteiger partial charge >= 0.3 is 0 Å². The van der Waals surface area contributed by atoms with Crippen LogP contribution in [0, 0.1) is 13.8 Å². The fraction of sp³-hybridized carbons (Fsp3) is 0.192. The minimum absolute atomic E-state index is 0.0809. The van der Waals surface area contributed by atoms with Gasteiger partial charge in [0.15, 0.2) is 5.16 Å². The number of carbonyl (C=O) groups excluding carboxylic acids is 1. The maximum absolute atomic E-state index is 12.7. The van der Waals surface area contributed by atoms with Gasteiger partial charge < -0.3 is 10.1 Å². The van der Waals surface area contributed by atoms with Gasteiger partial charge in [0.1, 0.15) is 11.6 Å². The third-order valence-electron chi connectivity index (χ3n) is 5.24. The van der Waals surface area contributed by atoms with Crippen LogP contribution in [-0.4, -0.2) is 33.5 Å². The number of nitrogens with zero attached hydrogens (tertiary/aromatic N) is 3. The number of methoxy groups -OCH3 is 1. The molecular formula is C26H26N4O2S. The molecule has 0 fully saturated rings. The van der Waals surface area contributed by atoms with Crippen LogP contribution in [0.3, 0.4) is 0 Å². The normalized spacial score (nSPS) is 10.8. The third kappa shape index (κ3) is 5.62. The quantitative estimate of drug-likeness (QED) is 0.367. The zero-order valence-electron chi connectivity index (χ0n) is 18.9. The number of benzene rings is 3. The van der Waals surface area contributed by atoms with Crippen molar-refractivity contribution in [3.8, 4) is 11.4 Å². The molecule has 0 radical (unpaired) electrons. The van der Waals surface area contributed by atoms with Crippen molar-refractivity contribution >= 4 is 23.4 Å². The Bertz CT molecular complexity index is 1240. The van der Waals surface area contributed by atoms with Crippen molar-refractivity contribution in [1.82, 2.24) is 14.8 Å². The lowest BCUT2D eigenvalue weighted by atomic mass is 10.1. The highest BCUT2D eigenvalue weighted by molar-refractivity contribution is 7.99. The molecule has 0 saturated heterocycles. The number of hydrogen-bond acceptors (Lipinski definition) is 5. The van der Waals surface area contributed by atoms with Crippen LogP contribution in [0.25, 0.3) is 5.69 Å². The Morgan fingerprint density at radius 3 is 2.48 bits per heavy atom. The lowest BCUT2D eigenvalue weighted by Gasteiger charge is -2.12. The Kier molecular flexibility index (Phi) is 7.10. The fourth-order valence-corrected chi connectivity index (χ4v) is 4.24. The Morgan fingerprint density at radius 1 is 1.00 bits per heavy atom. The van der Waals surface area contributed by atoms with E-state index in [4.69, 9.17) is 4.74 Å². The Morgan fingerprint density at radius 2 is 1.76 bits per heavy atom. The third-order valence-corrected chi connectivity index (χ3v) is 6.16. The summed E-state index contributed by atoms with van der Waals surface area (Å²) in [7, 11) is 1.64. The first kappa shape index (κ1) is 22.6. The van der Waals surface area contributed by atoms with E-state index in [1.165, 1.54) is 11.8 Å². The van der Waals surface area contributed by atoms with Crippen molar-refractivity contribution in [3.05, 3.63) is 95.3 Å². The highest BCUT2D eigenvalue weighted by atomic mass is 32.2. The van der Waals surface area contributed by atoms with Crippen molar-refractivity contribution < 1.29 is 9.53 Å². The van der Waals surface area contributed by atoms with Crippen molar-refractivity contribution in [2.75, 3.05) is 18.2 Å². The minimum Gasteiger partial charge on any atom is -0.497 e. The largest absolute Gasteiger partial charge is 0.497 e. The van der Waals surface area contributed by atoms with E-state index in [1.54, 1.807) is 7.11 Å². The second kappa shape index (κ2) is 10.4. The predicted molar refractivity (Wildman–Crippen MR) is 132 cm³/mol. The molecule has 6 nitrogen and oxygen atoms in total. The Balaban J connectivity index is 1.56. The van der Waals surface area contributed by atoms with Gasteiger partial charge in [-0.3, -0.25) is 9.36 Å². The van der Waals surface area contributed by atoms with Crippen LogP contribution in [0.5, 0.6) is 5.75 Å². The molecule has 4 rings (SSSR count). The van der Waals surface area contributed by atoms with Crippen LogP contribution in [-0.2, 0) is 11.2 Å². The summed E-state index contributed by atoms with van der Waals surface area (Å²) in [6, 6.07) is 23.9. The Labute approximate surface area is 198 Å². The molecule has 1 amide bonds. The molecule has 3 aromatic carbocycles. The lowest BCUT2D eigenvalue weighted by Crippen LogP contribution is -2.15. The predicted octanol–water partition coefficient (Wildman–Crippen LogP) is 5.21. The summed E-state index contributed by atoms with van der Waals surface area (Å²) in [6.07, 6.45) is 0.634. The number of carbonyl (C=O) groups is 1. The second-order valence-electron chi connectivity index (χ2n) is 7.75. The first-order valence-electron chi connectivity index (χ1n) is 10.7. The number of aromatic nitrogens is 3. The van der Waals surface area contributed by atoms with E-state index >= 15 is 0 Å². The second-order valence-corrected chi connectivity index (χ2v) is 8.69. The lowest BCUT2D eigenvalue weighted by molar-refractivity contribution is -0.113. The topological polar surface area (TPSA) is 69.0 Å². The van der Waals surface area contributed by atoms with E-state index in [1.807, 2.05) is 79.1 Å². The van der Waals surface area contributed by atoms with Crippen LogP contribution >= 0.6 is 11.8 Å². The van der Waals surface area contributed by atoms with E-state index in [0.29, 0.717) is 11.6 Å². The smallest absolute Gasteiger partial charge is 0.234 e. The van der Waals surface area contributed by atoms with Crippen LogP contribution in [0.2, 0.25) is 0 Å². The molecule has 1 N–H and O–H groups in total. The number of rotatable bonds is 8. The van der Waals surface area contributed by atoms with E-state index in [0.717, 1.165) is 39.6 Å². The summed E-state index contributed by atoms with van der Waals surface area (Å²) in [5.41, 5.74) is 5.04. The molecule has 0 aliphatic rings. The first-order valence-corrected chi connectivity index (χ1v) is 11.6. The molecule has 4 aromatic rings. The number of anilines is 1. The van der Waals surface area contributed by atoms with Gasteiger partial charge in [-0.1, -0.05) is 54.2 Å². The van der Waals surface area contributed by atoms with Gasteiger partial charge in [-0.05, 0) is 60.9 Å². The molecule has 0 aliphatic heterocycles. The van der Waals surface area contributed by atoms with Crippen molar-refractivity contribution in [1.29, 1.82) is 0 Å². The van der Waals surface area contributed by atoms with Gasteiger partial charge in [0.2, 0.25) is 5.91 Å². The van der Waals surface area contributed by atoms with Gasteiger partial charge in [-0.15, -0.1) is 10.2 Å². The van der Waals surface area contributed by atoms with Crippen LogP contribution in [0.4, 0.5) is 5.69 Å². The monoisotopic (exact) mass is 458 g/mol. The van der Waals surface area contributed by atoms with Crippen molar-refractivity contribution in [2.24, 2.45) is 0 Å². The molecule has 0 saturated carbocycles. The SMILES string of the molecule is COc1ccc(-n2c(Cc3ccccc3)nnc2SCC(=O)Nc2cc(C)ccc2C)cc1. The fourth-order valence-electron chi connectivity index (χ4n) is 3.46. The Hall–Kier alpha value is -3.58. The maximum atomic E-state index is 12.7. The first-order chi connectivity index (χ1) is 16.0. The molecule has 1 aromatic heterocycles. The summed E-state index contributed by atoms with van der Waals surface area (Å²) in [5.74, 6) is 1.73. The number of thioether (sulfide) groups is 1. The standard InChI is InChI=1S/C26H26N4O2S/c1-18-9-10-19(2)23(15-18)27-25(31)17-33-26-29-28-24(16-20-7-5-4-6-8-20)30(26)21-11-13-22(32-3)14-12-21/h4-15H,16-17H2,1-3H3,(H,27,31). The summed E-state index contributed by atoms with van der Waals surface area (Å²) in [4.78, 5) is 12.7. The molecule has 1 heterocycles. The van der Waals surface area contributed by atoms with Crippen LogP contribution in [0.15, 0.2) is 78.0 Å². The average molecular weight is 459 g/mol. The number of amides is 1. The molecule has 0 unspecified atom stereocenters. The zero-order valence-corrected chi connectivity index (χ0v) is 19.7. The highest BCUT2D eigenvalue weighted by Gasteiger charge is 2.17. The summed E-state index contributed by atoms with van der Waals surface area (Å²) < 4.78 is 7.30. The number of hydrogen-bond donors (Lipinski definition) is 1. The molecule has 0 aliphatic carbocycles. The van der Waals surface area contributed by atoms with Gasteiger partial charge in [0, 0.05) is 17.8 Å². The zero-order chi connectivity index (χ0) is 23.2. The van der Waals surface area contributed by atoms with E-state index < -0.39 is 0 Å². The maximum Gasteiger partial charge on any atom is 0.234 e. The van der Waals surface area contributed by atoms with Gasteiger partial charge in [0.25, 0.3) is 0 Å². The summed E-state index contributed by atoms with van der Waals surface area (Å²) in [6.45, 7) is 3.99. The van der Waals surface area contributed by atoms with E-state index in [9.17, 15) is 4.79 Å². The molecule has 0 spiro atoms. The van der Waals surface area contributed by atoms with Crippen molar-refractivity contribution in [2.45, 2.75) is 25.4 Å². The average Bonchev–Trinajstić information content (AvgIpc) is 3.23. The number of aryl methyl sites for hydroxylation is 2. The van der Waals surface area contributed by atoms with E-state index in [2.05, 4.69) is 27.6 Å². The van der Waals surface area contributed by atoms with Crippen LogP contribution < -0.4 is 10.1 Å². The molecule has 7 heteroatoms. The summed E-state index contributed by atoms with van der Waals surface area (Å²) in [5, 5.41) is 12.5. The van der Waals surface area contributed by atoms with Gasteiger partial charge in [0.05, 0.1) is 12.9 Å². The van der Waals surface area contributed by atoms with Gasteiger partial charge in [-0.2, -0.15) is 0 Å². The number of nitrogens with one attached hydrogen (secondary N) is 1. The molecular weight excluding hydrogens is 432 g/mol. The van der Waals surface area contributed by atoms with Crippen molar-refractivity contribution in [3.63, 3.8) is 0 Å². The molecule has 33 heavy (non-hydrogen) atoms. The van der Waals surface area contributed by atoms with Gasteiger partial charge in [-0.25, -0.2) is 0 Å². The van der Waals surface area contributed by atoms with E-state index in [-0.39, 0.29) is 11.7 Å². The molecule has 168 valence electrons. The minimum atomic E-state index is -0.0809. The number of ether oxygens (including phenoxy) is 1. The highest BCUT2D eigenvalue weighted by Crippen LogP contribution is 2.25.